The maximum absolute atomic E-state index is 4.11. The predicted molar refractivity (Wildman–Crippen MR) is 151 cm³/mol. The minimum atomic E-state index is -0.142. The van der Waals surface area contributed by atoms with E-state index in [-0.39, 0.29) is 10.8 Å². The molecule has 2 heterocycles. The Balaban J connectivity index is 1.60. The third kappa shape index (κ3) is 3.35. The molecule has 0 aliphatic carbocycles. The Morgan fingerprint density at radius 3 is 2.34 bits per heavy atom. The fourth-order valence-corrected chi connectivity index (χ4v) is 6.44. The van der Waals surface area contributed by atoms with Gasteiger partial charge in [0.25, 0.3) is 0 Å². The number of para-hydroxylation sites is 1. The summed E-state index contributed by atoms with van der Waals surface area (Å²) in [4.78, 5) is 2.33. The van der Waals surface area contributed by atoms with Crippen LogP contribution in [-0.2, 0) is 10.8 Å². The quantitative estimate of drug-likeness (QED) is 0.269. The molecule has 3 aromatic carbocycles. The highest BCUT2D eigenvalue weighted by atomic mass is 15.2. The van der Waals surface area contributed by atoms with E-state index in [4.69, 9.17) is 0 Å². The van der Waals surface area contributed by atoms with Crippen molar-refractivity contribution in [1.82, 2.24) is 0 Å². The first-order chi connectivity index (χ1) is 16.9. The van der Waals surface area contributed by atoms with E-state index >= 15 is 0 Å². The van der Waals surface area contributed by atoms with Gasteiger partial charge in [-0.05, 0) is 61.2 Å². The number of anilines is 1. The number of hydrogen-bond acceptors (Lipinski definition) is 1. The third-order valence-electron chi connectivity index (χ3n) is 8.15. The molecule has 0 N–H and O–H groups in total. The molecular formula is C33H35N2+. The highest BCUT2D eigenvalue weighted by Gasteiger charge is 2.47. The van der Waals surface area contributed by atoms with Crippen LogP contribution in [0.2, 0.25) is 0 Å². The molecule has 35 heavy (non-hydrogen) atoms. The topological polar surface area (TPSA) is 6.25 Å². The smallest absolute Gasteiger partial charge is 0.210 e. The van der Waals surface area contributed by atoms with Crippen LogP contribution in [0, 0.1) is 0 Å². The van der Waals surface area contributed by atoms with Crippen molar-refractivity contribution < 1.29 is 4.58 Å². The van der Waals surface area contributed by atoms with E-state index in [1.54, 1.807) is 0 Å². The van der Waals surface area contributed by atoms with Crippen LogP contribution < -0.4 is 4.90 Å². The second kappa shape index (κ2) is 8.53. The largest absolute Gasteiger partial charge is 0.347 e. The molecule has 3 aromatic rings. The summed E-state index contributed by atoms with van der Waals surface area (Å²) in [5.41, 5.74) is 7.67. The monoisotopic (exact) mass is 459 g/mol. The van der Waals surface area contributed by atoms with Crippen LogP contribution in [0.3, 0.4) is 0 Å². The van der Waals surface area contributed by atoms with E-state index in [0.29, 0.717) is 0 Å². The van der Waals surface area contributed by atoms with Crippen molar-refractivity contribution in [2.75, 3.05) is 19.0 Å². The van der Waals surface area contributed by atoms with E-state index in [1.807, 2.05) is 6.08 Å². The lowest BCUT2D eigenvalue weighted by Crippen LogP contribution is -2.30. The van der Waals surface area contributed by atoms with Crippen LogP contribution in [0.5, 0.6) is 0 Å². The van der Waals surface area contributed by atoms with E-state index in [2.05, 4.69) is 136 Å². The highest BCUT2D eigenvalue weighted by Crippen LogP contribution is 2.49. The molecule has 5 rings (SSSR count). The molecular weight excluding hydrogens is 424 g/mol. The molecule has 2 atom stereocenters. The summed E-state index contributed by atoms with van der Waals surface area (Å²) in [6.45, 7) is 12.9. The van der Waals surface area contributed by atoms with Gasteiger partial charge in [-0.15, -0.1) is 13.2 Å². The van der Waals surface area contributed by atoms with Gasteiger partial charge in [-0.3, -0.25) is 0 Å². The van der Waals surface area contributed by atoms with Crippen molar-refractivity contribution >= 4 is 27.9 Å². The number of rotatable bonds is 6. The standard InChI is InChI=1S/C33H35N2/c1-7-22-32(3)26-16-11-12-17-27(26)34(5)29(32)18-13-19-30-33(4,23-8-2)31-25-15-10-9-14-24(25)20-21-28(31)35(30)6/h7-21H,1-2,22-23H2,3-6H3/q+1. The number of allylic oxidation sites excluding steroid dienone is 6. The van der Waals surface area contributed by atoms with Gasteiger partial charge in [0.15, 0.2) is 5.71 Å². The summed E-state index contributed by atoms with van der Waals surface area (Å²) in [5.74, 6) is 0. The first-order valence-corrected chi connectivity index (χ1v) is 12.4. The van der Waals surface area contributed by atoms with Gasteiger partial charge < -0.3 is 4.90 Å². The van der Waals surface area contributed by atoms with E-state index in [0.717, 1.165) is 12.8 Å². The highest BCUT2D eigenvalue weighted by molar-refractivity contribution is 6.08. The molecule has 0 bridgehead atoms. The molecule has 2 unspecified atom stereocenters. The first-order valence-electron chi connectivity index (χ1n) is 12.4. The van der Waals surface area contributed by atoms with Crippen molar-refractivity contribution in [3.05, 3.63) is 121 Å². The number of nitrogens with zero attached hydrogens (tertiary/aromatic N) is 2. The molecule has 0 radical (unpaired) electrons. The normalized spacial score (nSPS) is 24.5. The van der Waals surface area contributed by atoms with Crippen LogP contribution in [0.4, 0.5) is 11.4 Å². The zero-order chi connectivity index (χ0) is 24.8. The van der Waals surface area contributed by atoms with Crippen LogP contribution in [0.15, 0.2) is 110 Å². The minimum Gasteiger partial charge on any atom is -0.347 e. The van der Waals surface area contributed by atoms with Crippen LogP contribution in [-0.4, -0.2) is 24.4 Å². The predicted octanol–water partition coefficient (Wildman–Crippen LogP) is 7.83. The Bertz CT molecular complexity index is 1440. The molecule has 0 amide bonds. The fourth-order valence-electron chi connectivity index (χ4n) is 6.44. The maximum Gasteiger partial charge on any atom is 0.210 e. The zero-order valence-electron chi connectivity index (χ0n) is 21.4. The molecule has 2 heteroatoms. The summed E-state index contributed by atoms with van der Waals surface area (Å²) >= 11 is 0. The summed E-state index contributed by atoms with van der Waals surface area (Å²) < 4.78 is 2.36. The lowest BCUT2D eigenvalue weighted by Gasteiger charge is -2.27. The SMILES string of the molecule is C=CCC1(C)C(/C=C/C=C2/N(C)c3ccccc3C2(C)CC=C)=[N+](C)c2ccc3ccccc3c21. The van der Waals surface area contributed by atoms with Gasteiger partial charge in [0.2, 0.25) is 5.69 Å². The van der Waals surface area contributed by atoms with Gasteiger partial charge in [0, 0.05) is 41.6 Å². The lowest BCUT2D eigenvalue weighted by molar-refractivity contribution is -0.401. The molecule has 2 aliphatic rings. The molecule has 0 saturated heterocycles. The Morgan fingerprint density at radius 2 is 1.57 bits per heavy atom. The number of fused-ring (bicyclic) bond motifs is 4. The lowest BCUT2D eigenvalue weighted by atomic mass is 9.74. The molecule has 0 aromatic heterocycles. The number of hydrogen-bond donors (Lipinski definition) is 0. The van der Waals surface area contributed by atoms with Gasteiger partial charge in [0.1, 0.15) is 7.05 Å². The molecule has 2 nitrogen and oxygen atoms in total. The van der Waals surface area contributed by atoms with Crippen molar-refractivity contribution in [3.8, 4) is 0 Å². The fraction of sp³-hybridized carbons (Fsp3) is 0.242. The summed E-state index contributed by atoms with van der Waals surface area (Å²) in [6.07, 6.45) is 12.7. The Kier molecular flexibility index (Phi) is 5.63. The number of benzene rings is 3. The average molecular weight is 460 g/mol. The van der Waals surface area contributed by atoms with Crippen LogP contribution in [0.25, 0.3) is 10.8 Å². The van der Waals surface area contributed by atoms with Crippen molar-refractivity contribution in [2.24, 2.45) is 0 Å². The first kappa shape index (κ1) is 23.1. The van der Waals surface area contributed by atoms with Gasteiger partial charge in [0.05, 0.1) is 5.41 Å². The van der Waals surface area contributed by atoms with Gasteiger partial charge >= 0.3 is 0 Å². The summed E-state index contributed by atoms with van der Waals surface area (Å²) in [6, 6.07) is 21.9. The molecule has 0 saturated carbocycles. The molecule has 176 valence electrons. The second-order valence-electron chi connectivity index (χ2n) is 10.3. The van der Waals surface area contributed by atoms with Gasteiger partial charge in [-0.25, -0.2) is 0 Å². The van der Waals surface area contributed by atoms with Gasteiger partial charge in [-0.2, -0.15) is 4.58 Å². The Morgan fingerprint density at radius 1 is 0.886 bits per heavy atom. The van der Waals surface area contributed by atoms with Crippen LogP contribution >= 0.6 is 0 Å². The van der Waals surface area contributed by atoms with Crippen molar-refractivity contribution in [1.29, 1.82) is 0 Å². The van der Waals surface area contributed by atoms with E-state index in [1.165, 1.54) is 44.7 Å². The molecule has 0 spiro atoms. The molecule has 2 aliphatic heterocycles. The summed E-state index contributed by atoms with van der Waals surface area (Å²) in [5, 5.41) is 2.61. The third-order valence-corrected chi connectivity index (χ3v) is 8.15. The zero-order valence-corrected chi connectivity index (χ0v) is 21.4. The van der Waals surface area contributed by atoms with E-state index in [9.17, 15) is 0 Å². The molecule has 0 fully saturated rings. The van der Waals surface area contributed by atoms with Crippen molar-refractivity contribution in [3.63, 3.8) is 0 Å². The average Bonchev–Trinajstić information content (AvgIpc) is 3.20. The Labute approximate surface area is 209 Å². The minimum absolute atomic E-state index is 0.0900. The van der Waals surface area contributed by atoms with Crippen LogP contribution in [0.1, 0.15) is 37.8 Å². The number of likely N-dealkylation sites (N-methyl/N-ethyl adjacent to an activating group) is 1. The van der Waals surface area contributed by atoms with Crippen molar-refractivity contribution in [2.45, 2.75) is 37.5 Å². The van der Waals surface area contributed by atoms with E-state index < -0.39 is 0 Å². The Hall–Kier alpha value is -3.65. The second-order valence-corrected chi connectivity index (χ2v) is 10.3. The maximum atomic E-state index is 4.11. The van der Waals surface area contributed by atoms with Gasteiger partial charge in [-0.1, -0.05) is 60.7 Å². The summed E-state index contributed by atoms with van der Waals surface area (Å²) in [7, 11) is 4.36.